The van der Waals surface area contributed by atoms with E-state index in [1.54, 1.807) is 0 Å². The summed E-state index contributed by atoms with van der Waals surface area (Å²) in [5.74, 6) is -2.73. The lowest BCUT2D eigenvalue weighted by Gasteiger charge is -1.95. The molecule has 1 aliphatic heterocycles. The number of hydrogen-bond acceptors (Lipinski definition) is 3. The van der Waals surface area contributed by atoms with Crippen LogP contribution in [0.2, 0.25) is 5.02 Å². The number of halogens is 2. The highest BCUT2D eigenvalue weighted by molar-refractivity contribution is 6.31. The summed E-state index contributed by atoms with van der Waals surface area (Å²) < 4.78 is 17.3. The number of cyclic esters (lactones) is 2. The van der Waals surface area contributed by atoms with E-state index in [2.05, 4.69) is 4.74 Å². The predicted octanol–water partition coefficient (Wildman–Crippen LogP) is 1.79. The molecule has 1 heterocycles. The van der Waals surface area contributed by atoms with E-state index in [1.165, 1.54) is 12.1 Å². The van der Waals surface area contributed by atoms with Gasteiger partial charge in [0, 0.05) is 0 Å². The lowest BCUT2D eigenvalue weighted by Crippen LogP contribution is -1.98. The van der Waals surface area contributed by atoms with Crippen molar-refractivity contribution in [2.45, 2.75) is 0 Å². The van der Waals surface area contributed by atoms with Crippen LogP contribution in [-0.4, -0.2) is 11.9 Å². The van der Waals surface area contributed by atoms with Gasteiger partial charge in [-0.2, -0.15) is 0 Å². The lowest BCUT2D eigenvalue weighted by atomic mass is 10.1. The average molecular weight is 201 g/mol. The highest BCUT2D eigenvalue weighted by Crippen LogP contribution is 2.27. The molecule has 3 nitrogen and oxygen atoms in total. The van der Waals surface area contributed by atoms with Crippen LogP contribution in [0.3, 0.4) is 0 Å². The number of esters is 2. The third-order valence-corrected chi connectivity index (χ3v) is 2.00. The predicted molar refractivity (Wildman–Crippen MR) is 41.2 cm³/mol. The van der Waals surface area contributed by atoms with Crippen LogP contribution in [0.1, 0.15) is 20.7 Å². The first kappa shape index (κ1) is 8.19. The molecule has 0 saturated carbocycles. The van der Waals surface area contributed by atoms with Crippen LogP contribution in [0.25, 0.3) is 0 Å². The molecule has 1 aromatic rings. The maximum absolute atomic E-state index is 13.1. The second kappa shape index (κ2) is 2.53. The van der Waals surface area contributed by atoms with Crippen LogP contribution < -0.4 is 0 Å². The monoisotopic (exact) mass is 200 g/mol. The van der Waals surface area contributed by atoms with Crippen LogP contribution in [-0.2, 0) is 4.74 Å². The van der Waals surface area contributed by atoms with Gasteiger partial charge in [-0.1, -0.05) is 11.6 Å². The Balaban J connectivity index is 2.78. The first-order valence-electron chi connectivity index (χ1n) is 3.36. The molecule has 0 N–H and O–H groups in total. The van der Waals surface area contributed by atoms with Crippen molar-refractivity contribution in [1.82, 2.24) is 0 Å². The highest BCUT2D eigenvalue weighted by Gasteiger charge is 2.33. The van der Waals surface area contributed by atoms with E-state index in [0.717, 1.165) is 0 Å². The van der Waals surface area contributed by atoms with Crippen LogP contribution >= 0.6 is 11.6 Å². The molecule has 0 fully saturated rings. The average Bonchev–Trinajstić information content (AvgIpc) is 2.35. The fourth-order valence-corrected chi connectivity index (χ4v) is 1.27. The van der Waals surface area contributed by atoms with Gasteiger partial charge in [0.05, 0.1) is 10.6 Å². The van der Waals surface area contributed by atoms with Crippen LogP contribution in [0.4, 0.5) is 4.39 Å². The Morgan fingerprint density at radius 2 is 1.92 bits per heavy atom. The molecule has 0 bridgehead atoms. The van der Waals surface area contributed by atoms with Gasteiger partial charge in [-0.15, -0.1) is 0 Å². The molecule has 5 heteroatoms. The van der Waals surface area contributed by atoms with Gasteiger partial charge in [0.1, 0.15) is 5.56 Å². The van der Waals surface area contributed by atoms with Gasteiger partial charge in [-0.3, -0.25) is 0 Å². The molecular weight excluding hydrogens is 199 g/mol. The first-order valence-corrected chi connectivity index (χ1v) is 3.73. The van der Waals surface area contributed by atoms with E-state index in [-0.39, 0.29) is 16.1 Å². The minimum Gasteiger partial charge on any atom is -0.386 e. The Morgan fingerprint density at radius 3 is 2.62 bits per heavy atom. The van der Waals surface area contributed by atoms with E-state index >= 15 is 0 Å². The largest absolute Gasteiger partial charge is 0.386 e. The molecule has 0 aliphatic carbocycles. The van der Waals surface area contributed by atoms with Crippen molar-refractivity contribution >= 4 is 23.5 Å². The Bertz CT molecular complexity index is 428. The summed E-state index contributed by atoms with van der Waals surface area (Å²) in [6.07, 6.45) is 0. The zero-order chi connectivity index (χ0) is 9.59. The van der Waals surface area contributed by atoms with Gasteiger partial charge in [0.25, 0.3) is 0 Å². The standard InChI is InChI=1S/C8H2ClFO3/c9-4-2-1-3-5(6(4)10)8(12)13-7(3)11/h1-2H. The van der Waals surface area contributed by atoms with E-state index in [0.29, 0.717) is 0 Å². The van der Waals surface area contributed by atoms with Crippen LogP contribution in [0.5, 0.6) is 0 Å². The summed E-state index contributed by atoms with van der Waals surface area (Å²) in [5, 5.41) is -0.203. The molecule has 66 valence electrons. The zero-order valence-electron chi connectivity index (χ0n) is 6.14. The molecule has 0 atom stereocenters. The molecule has 0 unspecified atom stereocenters. The number of fused-ring (bicyclic) bond motifs is 1. The number of carbonyl (C=O) groups excluding carboxylic acids is 2. The molecule has 0 spiro atoms. The van der Waals surface area contributed by atoms with E-state index in [9.17, 15) is 14.0 Å². The summed E-state index contributed by atoms with van der Waals surface area (Å²) in [6, 6.07) is 2.46. The van der Waals surface area contributed by atoms with Crippen LogP contribution in [0, 0.1) is 5.82 Å². The van der Waals surface area contributed by atoms with E-state index < -0.39 is 17.8 Å². The first-order chi connectivity index (χ1) is 6.11. The lowest BCUT2D eigenvalue weighted by molar-refractivity contribution is 0.0442. The summed E-state index contributed by atoms with van der Waals surface area (Å²) in [7, 11) is 0. The third-order valence-electron chi connectivity index (χ3n) is 1.70. The Morgan fingerprint density at radius 1 is 1.23 bits per heavy atom. The van der Waals surface area contributed by atoms with Gasteiger partial charge in [0.2, 0.25) is 0 Å². The van der Waals surface area contributed by atoms with Gasteiger partial charge in [-0.25, -0.2) is 14.0 Å². The molecule has 0 radical (unpaired) electrons. The highest BCUT2D eigenvalue weighted by atomic mass is 35.5. The number of benzene rings is 1. The molecule has 1 aliphatic rings. The maximum atomic E-state index is 13.1. The van der Waals surface area contributed by atoms with Crippen molar-refractivity contribution in [3.05, 3.63) is 34.1 Å². The number of hydrogen-bond donors (Lipinski definition) is 0. The SMILES string of the molecule is O=C1OC(=O)c2c1ccc(Cl)c2F. The quantitative estimate of drug-likeness (QED) is 0.474. The van der Waals surface area contributed by atoms with Crippen molar-refractivity contribution in [1.29, 1.82) is 0 Å². The molecule has 0 amide bonds. The molecule has 13 heavy (non-hydrogen) atoms. The van der Waals surface area contributed by atoms with E-state index in [1.807, 2.05) is 0 Å². The van der Waals surface area contributed by atoms with Crippen molar-refractivity contribution < 1.29 is 18.7 Å². The topological polar surface area (TPSA) is 43.4 Å². The van der Waals surface area contributed by atoms with Gasteiger partial charge in [-0.05, 0) is 12.1 Å². The third kappa shape index (κ3) is 1.02. The summed E-state index contributed by atoms with van der Waals surface area (Å²) in [4.78, 5) is 21.8. The van der Waals surface area contributed by atoms with Crippen LogP contribution in [0.15, 0.2) is 12.1 Å². The van der Waals surface area contributed by atoms with E-state index in [4.69, 9.17) is 11.6 Å². The van der Waals surface area contributed by atoms with Crippen molar-refractivity contribution in [3.8, 4) is 0 Å². The molecule has 2 rings (SSSR count). The van der Waals surface area contributed by atoms with Crippen molar-refractivity contribution in [3.63, 3.8) is 0 Å². The molecule has 0 saturated heterocycles. The Kier molecular flexibility index (Phi) is 1.60. The number of rotatable bonds is 0. The molecular formula is C8H2ClFO3. The minimum atomic E-state index is -0.986. The van der Waals surface area contributed by atoms with Gasteiger partial charge >= 0.3 is 11.9 Å². The smallest absolute Gasteiger partial charge is 0.349 e. The number of ether oxygens (including phenoxy) is 1. The minimum absolute atomic E-state index is 0.0769. The second-order valence-corrected chi connectivity index (χ2v) is 2.87. The molecule has 1 aromatic carbocycles. The zero-order valence-corrected chi connectivity index (χ0v) is 6.89. The Labute approximate surface area is 77.1 Å². The summed E-state index contributed by atoms with van der Waals surface area (Å²) in [6.45, 7) is 0. The molecule has 0 aromatic heterocycles. The van der Waals surface area contributed by atoms with Gasteiger partial charge < -0.3 is 4.74 Å². The summed E-state index contributed by atoms with van der Waals surface area (Å²) >= 11 is 5.41. The second-order valence-electron chi connectivity index (χ2n) is 2.46. The normalized spacial score (nSPS) is 14.3. The van der Waals surface area contributed by atoms with Crippen molar-refractivity contribution in [2.75, 3.05) is 0 Å². The summed E-state index contributed by atoms with van der Waals surface area (Å²) in [5.41, 5.74) is -0.454. The fourth-order valence-electron chi connectivity index (χ4n) is 1.11. The van der Waals surface area contributed by atoms with Gasteiger partial charge in [0.15, 0.2) is 5.82 Å². The number of carbonyl (C=O) groups is 2. The maximum Gasteiger partial charge on any atom is 0.349 e. The van der Waals surface area contributed by atoms with Crippen molar-refractivity contribution in [2.24, 2.45) is 0 Å². The Hall–Kier alpha value is -1.42. The fraction of sp³-hybridized carbons (Fsp3) is 0.